The molecule has 0 bridgehead atoms. The van der Waals surface area contributed by atoms with Gasteiger partial charge in [-0.1, -0.05) is 0 Å². The molecule has 1 aliphatic heterocycles. The molecule has 0 aliphatic carbocycles. The molecule has 204 valence electrons. The van der Waals surface area contributed by atoms with E-state index in [0.717, 1.165) is 10.9 Å². The first-order valence-corrected chi connectivity index (χ1v) is 18.3. The molecule has 21 heteroatoms. The van der Waals surface area contributed by atoms with E-state index in [1.807, 2.05) is 21.2 Å². The number of rotatable bonds is 9. The molecule has 1 fully saturated rings. The van der Waals surface area contributed by atoms with Crippen LogP contribution in [0.1, 0.15) is 5.56 Å². The number of hydrogen-bond donors (Lipinski definition) is 5. The van der Waals surface area contributed by atoms with Gasteiger partial charge in [-0.3, -0.25) is 0 Å². The second-order valence-corrected chi connectivity index (χ2v) is 15.4. The van der Waals surface area contributed by atoms with E-state index in [0.29, 0.717) is 12.6 Å². The maximum atomic E-state index is 12.6. The number of ether oxygens (including phenoxy) is 2. The number of aliphatic hydroxyl groups is 4. The molecular formula is C17H22B4I2N2O11S2. The predicted octanol–water partition coefficient (Wildman–Crippen LogP) is -1.20. The van der Waals surface area contributed by atoms with Crippen molar-refractivity contribution >= 4 is 107 Å². The van der Waals surface area contributed by atoms with E-state index < -0.39 is 69.6 Å². The number of amides is 2. The fraction of sp³-hybridized carbons (Fsp3) is 0.471. The van der Waals surface area contributed by atoms with Crippen LogP contribution >= 0.6 is 57.7 Å². The number of benzene rings is 1. The van der Waals surface area contributed by atoms with E-state index in [-0.39, 0.29) is 18.0 Å². The Morgan fingerprint density at radius 3 is 2.50 bits per heavy atom. The first kappa shape index (κ1) is 33.7. The molecule has 5 N–H and O–H groups in total. The second-order valence-electron chi connectivity index (χ2n) is 7.62. The molecule has 0 aromatic heterocycles. The molecule has 2 rings (SSSR count). The van der Waals surface area contributed by atoms with Crippen molar-refractivity contribution in [2.45, 2.75) is 37.3 Å². The Morgan fingerprint density at radius 1 is 1.21 bits per heavy atom. The summed E-state index contributed by atoms with van der Waals surface area (Å²) in [6.07, 6.45) is -9.41. The Bertz CT molecular complexity index is 1140. The second kappa shape index (κ2) is 16.0. The third kappa shape index (κ3) is 9.25. The third-order valence-electron chi connectivity index (χ3n) is 4.94. The molecule has 38 heavy (non-hydrogen) atoms. The topological polar surface area (TPSA) is 192 Å². The summed E-state index contributed by atoms with van der Waals surface area (Å²) >= 11 is 3.60. The average molecular weight is 792 g/mol. The van der Waals surface area contributed by atoms with Gasteiger partial charge in [0.25, 0.3) is 0 Å². The molecule has 1 heterocycles. The number of nitrogens with zero attached hydrogens (tertiary/aromatic N) is 1. The van der Waals surface area contributed by atoms with E-state index in [1.165, 1.54) is 25.2 Å². The fourth-order valence-electron chi connectivity index (χ4n) is 3.02. The summed E-state index contributed by atoms with van der Waals surface area (Å²) in [6.45, 7) is -0.773. The van der Waals surface area contributed by atoms with Gasteiger partial charge in [0.15, 0.2) is 0 Å². The van der Waals surface area contributed by atoms with Gasteiger partial charge in [-0.05, 0) is 0 Å². The molecule has 1 aromatic carbocycles. The van der Waals surface area contributed by atoms with Crippen LogP contribution in [0.25, 0.3) is 0 Å². The number of nitrogens with one attached hydrogen (secondary N) is 1. The maximum absolute atomic E-state index is 12.6. The van der Waals surface area contributed by atoms with E-state index in [9.17, 15) is 39.5 Å². The first-order valence-electron chi connectivity index (χ1n) is 10.7. The van der Waals surface area contributed by atoms with Crippen LogP contribution in [0.4, 0.5) is 10.5 Å². The fourth-order valence-corrected chi connectivity index (χ4v) is 5.60. The number of halogens is 2. The number of likely N-dealkylation sites (N-methyl/N-ethyl adjacent to an activating group) is 1. The zero-order valence-corrected chi connectivity index (χ0v) is 25.9. The van der Waals surface area contributed by atoms with Gasteiger partial charge < -0.3 is 0 Å². The predicted molar refractivity (Wildman–Crippen MR) is 162 cm³/mol. The number of aliphatic hydroxyl groups excluding tert-OH is 4. The van der Waals surface area contributed by atoms with Crippen molar-refractivity contribution < 1.29 is 53.2 Å². The third-order valence-corrected chi connectivity index (χ3v) is 10.8. The number of carbonyl (C=O) groups excluding carboxylic acids is 3. The van der Waals surface area contributed by atoms with Crippen LogP contribution in [-0.2, 0) is 29.8 Å². The van der Waals surface area contributed by atoms with E-state index in [4.69, 9.17) is 13.7 Å². The van der Waals surface area contributed by atoms with E-state index in [2.05, 4.69) is 5.32 Å². The Morgan fingerprint density at radius 2 is 1.89 bits per heavy atom. The number of hydrogen-bond acceptors (Lipinski definition) is 11. The van der Waals surface area contributed by atoms with Crippen LogP contribution < -0.4 is 10.1 Å². The summed E-state index contributed by atoms with van der Waals surface area (Å²) in [5, 5.41) is 42.4. The van der Waals surface area contributed by atoms with Gasteiger partial charge in [-0.25, -0.2) is 0 Å². The van der Waals surface area contributed by atoms with Crippen molar-refractivity contribution in [3.8, 4) is 5.75 Å². The van der Waals surface area contributed by atoms with Crippen molar-refractivity contribution in [2.24, 2.45) is 0 Å². The molecule has 0 radical (unpaired) electrons. The van der Waals surface area contributed by atoms with Crippen LogP contribution in [0, 0.1) is 0 Å². The first-order chi connectivity index (χ1) is 17.9. The van der Waals surface area contributed by atoms with Gasteiger partial charge in [0.05, 0.1) is 0 Å². The normalized spacial score (nSPS) is 24.2. The molecule has 4 unspecified atom stereocenters. The molecule has 1 aliphatic rings. The van der Waals surface area contributed by atoms with E-state index in [1.54, 1.807) is 35.0 Å². The summed E-state index contributed by atoms with van der Waals surface area (Å²) in [7, 11) is 1.47. The van der Waals surface area contributed by atoms with Crippen molar-refractivity contribution in [3.05, 3.63) is 23.8 Å². The summed E-state index contributed by atoms with van der Waals surface area (Å²) in [5.41, 5.74) is 0.417. The SMILES string of the molecule is B/B=S(\I)OC(=O)N(C)CC(=O)Nc1cc(CO)ccc1O[C@@H]1OC(C(=O)/S(I)=B/B=O)[C@@H](O)[C@H](O)C1O. The Balaban J connectivity index is 2.25. The van der Waals surface area contributed by atoms with Crippen molar-refractivity contribution in [2.75, 3.05) is 18.9 Å². The Labute approximate surface area is 249 Å². The van der Waals surface area contributed by atoms with Crippen molar-refractivity contribution in [3.63, 3.8) is 0 Å². The molecule has 7 atom stereocenters. The summed E-state index contributed by atoms with van der Waals surface area (Å²) in [5.74, 6) is -0.716. The molecule has 13 nitrogen and oxygen atoms in total. The van der Waals surface area contributed by atoms with Gasteiger partial charge in [-0.2, -0.15) is 0 Å². The van der Waals surface area contributed by atoms with Crippen LogP contribution in [0.2, 0.25) is 0 Å². The zero-order valence-electron chi connectivity index (χ0n) is 19.9. The van der Waals surface area contributed by atoms with Crippen LogP contribution in [0.3, 0.4) is 0 Å². The monoisotopic (exact) mass is 792 g/mol. The average Bonchev–Trinajstić information content (AvgIpc) is 2.89. The van der Waals surface area contributed by atoms with Crippen molar-refractivity contribution in [1.29, 1.82) is 0 Å². The Hall–Kier alpha value is -0.550. The van der Waals surface area contributed by atoms with Crippen LogP contribution in [0.15, 0.2) is 18.2 Å². The van der Waals surface area contributed by atoms with Crippen molar-refractivity contribution in [1.82, 2.24) is 4.90 Å². The standard InChI is InChI=1S/C17H22B4I2N2O11S2/c1-25(17(32)36-38(23)19-18)5-10(27)24-8-4-7(6-26)2-3-9(8)34-16-13(30)11(28)12(29)14(35-16)15(31)37(22)21-20-33/h2-4,11-14,16,26,28-30H,5-6,18H2,1H3,(H,24,27)/t11-,12-,13?,14?,16+,37?,38?/m0/s1. The van der Waals surface area contributed by atoms with Gasteiger partial charge in [-0.15, -0.1) is 0 Å². The molecule has 1 saturated heterocycles. The van der Waals surface area contributed by atoms with Crippen LogP contribution in [-0.4, -0.2) is 114 Å². The molecule has 1 aromatic rings. The minimum atomic E-state index is -1.83. The molecular weight excluding hydrogens is 769 g/mol. The van der Waals surface area contributed by atoms with Gasteiger partial charge in [0.2, 0.25) is 0 Å². The summed E-state index contributed by atoms with van der Waals surface area (Å²) in [6, 6.07) is 6.92. The number of carbonyl (C=O) groups is 3. The molecule has 0 saturated carbocycles. The zero-order chi connectivity index (χ0) is 28.6. The van der Waals surface area contributed by atoms with Gasteiger partial charge in [0.1, 0.15) is 0 Å². The molecule has 2 amide bonds. The Kier molecular flexibility index (Phi) is 14.2. The molecule has 0 spiro atoms. The minimum absolute atomic E-state index is 0.0288. The number of anilines is 1. The van der Waals surface area contributed by atoms with Crippen LogP contribution in [0.5, 0.6) is 5.75 Å². The van der Waals surface area contributed by atoms with E-state index >= 15 is 0 Å². The summed E-state index contributed by atoms with van der Waals surface area (Å²) < 4.78 is 27.0. The quantitative estimate of drug-likeness (QED) is 0.149. The van der Waals surface area contributed by atoms with Gasteiger partial charge >= 0.3 is 251 Å². The van der Waals surface area contributed by atoms with Gasteiger partial charge in [0, 0.05) is 0 Å². The summed E-state index contributed by atoms with van der Waals surface area (Å²) in [4.78, 5) is 38.4.